The molecule has 80 valence electrons. The first kappa shape index (κ1) is 13.0. The zero-order chi connectivity index (χ0) is 11.0. The Balaban J connectivity index is 4.03. The van der Waals surface area contributed by atoms with Crippen molar-refractivity contribution in [2.45, 2.75) is 25.7 Å². The van der Waals surface area contributed by atoms with E-state index in [0.717, 1.165) is 5.57 Å². The van der Waals surface area contributed by atoms with Crippen LogP contribution in [0.3, 0.4) is 0 Å². The second-order valence-corrected chi connectivity index (χ2v) is 3.03. The van der Waals surface area contributed by atoms with E-state index in [1.165, 1.54) is 7.11 Å². The van der Waals surface area contributed by atoms with E-state index in [0.29, 0.717) is 6.42 Å². The zero-order valence-corrected chi connectivity index (χ0v) is 8.68. The van der Waals surface area contributed by atoms with Crippen molar-refractivity contribution < 1.29 is 9.84 Å². The summed E-state index contributed by atoms with van der Waals surface area (Å²) in [5, 5.41) is 9.23. The van der Waals surface area contributed by atoms with Crippen molar-refractivity contribution in [1.29, 1.82) is 0 Å². The number of hydrogen-bond donors (Lipinski definition) is 2. The molecule has 14 heavy (non-hydrogen) atoms. The van der Waals surface area contributed by atoms with E-state index in [1.807, 2.05) is 13.0 Å². The van der Waals surface area contributed by atoms with Crippen LogP contribution in [-0.2, 0) is 4.74 Å². The summed E-state index contributed by atoms with van der Waals surface area (Å²) in [6.07, 6.45) is 4.89. The van der Waals surface area contributed by atoms with Gasteiger partial charge in [0.05, 0.1) is 6.04 Å². The zero-order valence-electron chi connectivity index (χ0n) is 8.68. The monoisotopic (exact) mass is 198 g/mol. The Bertz CT molecular complexity index is 224. The van der Waals surface area contributed by atoms with Crippen molar-refractivity contribution in [3.63, 3.8) is 0 Å². The minimum Gasteiger partial charge on any atom is -0.367 e. The summed E-state index contributed by atoms with van der Waals surface area (Å²) < 4.78 is 4.70. The standard InChI is InChI=1S/C10H18N2O2/c1-8(5-4-6-12-2)7-9(11)10(13)14-3/h4-6,9-10,13H,2,7,11H2,1,3H3/b6-4-,8-5+/t9-,10?/m1/s1. The molecular weight excluding hydrogens is 180 g/mol. The molecule has 0 amide bonds. The third kappa shape index (κ3) is 5.64. The van der Waals surface area contributed by atoms with Gasteiger partial charge in [-0.25, -0.2) is 0 Å². The van der Waals surface area contributed by atoms with Gasteiger partial charge in [-0.05, 0) is 26.1 Å². The van der Waals surface area contributed by atoms with Crippen LogP contribution in [0, 0.1) is 0 Å². The third-order valence-corrected chi connectivity index (χ3v) is 1.74. The van der Waals surface area contributed by atoms with Crippen molar-refractivity contribution in [3.8, 4) is 0 Å². The second-order valence-electron chi connectivity index (χ2n) is 3.03. The number of rotatable bonds is 6. The van der Waals surface area contributed by atoms with Crippen LogP contribution in [-0.4, -0.2) is 31.3 Å². The number of aliphatic hydroxyl groups excluding tert-OH is 1. The number of nitrogens with zero attached hydrogens (tertiary/aromatic N) is 1. The maximum atomic E-state index is 9.23. The summed E-state index contributed by atoms with van der Waals surface area (Å²) in [7, 11) is 1.42. The van der Waals surface area contributed by atoms with Crippen LogP contribution in [0.2, 0.25) is 0 Å². The van der Waals surface area contributed by atoms with Gasteiger partial charge in [0.25, 0.3) is 0 Å². The fourth-order valence-corrected chi connectivity index (χ4v) is 0.984. The smallest absolute Gasteiger partial charge is 0.169 e. The highest BCUT2D eigenvalue weighted by Crippen LogP contribution is 2.06. The lowest BCUT2D eigenvalue weighted by Gasteiger charge is -2.16. The van der Waals surface area contributed by atoms with Crippen molar-refractivity contribution in [2.24, 2.45) is 10.7 Å². The minimum atomic E-state index is -0.917. The molecule has 0 rings (SSSR count). The SMILES string of the molecule is C=N/C=C\C=C(/C)C[C@@H](N)C(O)OC. The summed E-state index contributed by atoms with van der Waals surface area (Å²) in [5.74, 6) is 0. The maximum Gasteiger partial charge on any atom is 0.169 e. The van der Waals surface area contributed by atoms with E-state index in [1.54, 1.807) is 12.3 Å². The molecule has 4 nitrogen and oxygen atoms in total. The number of allylic oxidation sites excluding steroid dienone is 2. The van der Waals surface area contributed by atoms with Gasteiger partial charge >= 0.3 is 0 Å². The first-order chi connectivity index (χ1) is 6.61. The van der Waals surface area contributed by atoms with Gasteiger partial charge in [0.1, 0.15) is 0 Å². The largest absolute Gasteiger partial charge is 0.367 e. The summed E-state index contributed by atoms with van der Waals surface area (Å²) in [6.45, 7) is 5.24. The Hall–Kier alpha value is -0.970. The molecule has 1 unspecified atom stereocenters. The number of methoxy groups -OCH3 is 1. The van der Waals surface area contributed by atoms with Gasteiger partial charge in [-0.1, -0.05) is 11.6 Å². The van der Waals surface area contributed by atoms with Gasteiger partial charge in [0.15, 0.2) is 6.29 Å². The van der Waals surface area contributed by atoms with Crippen molar-refractivity contribution >= 4 is 6.72 Å². The lowest BCUT2D eigenvalue weighted by atomic mass is 10.1. The van der Waals surface area contributed by atoms with Gasteiger partial charge in [-0.15, -0.1) is 0 Å². The Morgan fingerprint density at radius 2 is 2.36 bits per heavy atom. The Labute approximate surface area is 84.8 Å². The molecular formula is C10H18N2O2. The summed E-state index contributed by atoms with van der Waals surface area (Å²) in [6, 6.07) is -0.402. The molecule has 0 aromatic heterocycles. The highest BCUT2D eigenvalue weighted by atomic mass is 16.6. The molecule has 0 spiro atoms. The molecule has 0 aromatic carbocycles. The van der Waals surface area contributed by atoms with E-state index in [9.17, 15) is 5.11 Å². The van der Waals surface area contributed by atoms with Crippen LogP contribution in [0.5, 0.6) is 0 Å². The Morgan fingerprint density at radius 3 is 2.86 bits per heavy atom. The summed E-state index contributed by atoms with van der Waals surface area (Å²) in [4.78, 5) is 3.56. The highest BCUT2D eigenvalue weighted by molar-refractivity contribution is 5.26. The summed E-state index contributed by atoms with van der Waals surface area (Å²) >= 11 is 0. The molecule has 0 radical (unpaired) electrons. The number of nitrogens with two attached hydrogens (primary N) is 1. The average Bonchev–Trinajstić information content (AvgIpc) is 2.16. The highest BCUT2D eigenvalue weighted by Gasteiger charge is 2.13. The van der Waals surface area contributed by atoms with Gasteiger partial charge in [-0.3, -0.25) is 4.99 Å². The number of ether oxygens (including phenoxy) is 1. The molecule has 4 heteroatoms. The molecule has 2 atom stereocenters. The van der Waals surface area contributed by atoms with Crippen LogP contribution < -0.4 is 5.73 Å². The van der Waals surface area contributed by atoms with E-state index in [-0.39, 0.29) is 0 Å². The van der Waals surface area contributed by atoms with Crippen LogP contribution in [0.25, 0.3) is 0 Å². The van der Waals surface area contributed by atoms with Crippen molar-refractivity contribution in [3.05, 3.63) is 23.9 Å². The van der Waals surface area contributed by atoms with E-state index in [4.69, 9.17) is 10.5 Å². The van der Waals surface area contributed by atoms with Gasteiger partial charge in [0, 0.05) is 13.3 Å². The molecule has 0 aromatic rings. The van der Waals surface area contributed by atoms with Crippen molar-refractivity contribution in [1.82, 2.24) is 0 Å². The van der Waals surface area contributed by atoms with Gasteiger partial charge in [-0.2, -0.15) is 0 Å². The molecule has 0 fully saturated rings. The minimum absolute atomic E-state index is 0.402. The average molecular weight is 198 g/mol. The first-order valence-corrected chi connectivity index (χ1v) is 4.36. The topological polar surface area (TPSA) is 67.8 Å². The number of aliphatic hydroxyl groups is 1. The predicted octanol–water partition coefficient (Wildman–Crippen LogP) is 0.829. The third-order valence-electron chi connectivity index (χ3n) is 1.74. The molecule has 0 saturated carbocycles. The van der Waals surface area contributed by atoms with Gasteiger partial charge < -0.3 is 15.6 Å². The maximum absolute atomic E-state index is 9.23. The van der Waals surface area contributed by atoms with Crippen LogP contribution >= 0.6 is 0 Å². The van der Waals surface area contributed by atoms with Crippen LogP contribution in [0.1, 0.15) is 13.3 Å². The molecule has 0 saturated heterocycles. The molecule has 0 aliphatic carbocycles. The van der Waals surface area contributed by atoms with Crippen molar-refractivity contribution in [2.75, 3.05) is 7.11 Å². The fourth-order valence-electron chi connectivity index (χ4n) is 0.984. The summed E-state index contributed by atoms with van der Waals surface area (Å²) in [5.41, 5.74) is 6.71. The lowest BCUT2D eigenvalue weighted by Crippen LogP contribution is -2.35. The van der Waals surface area contributed by atoms with Crippen LogP contribution in [0.15, 0.2) is 28.9 Å². The quantitative estimate of drug-likeness (QED) is 0.377. The Morgan fingerprint density at radius 1 is 1.71 bits per heavy atom. The molecule has 0 bridgehead atoms. The molecule has 0 aliphatic heterocycles. The number of aliphatic imine (C=N–C) groups is 1. The first-order valence-electron chi connectivity index (χ1n) is 4.36. The van der Waals surface area contributed by atoms with E-state index >= 15 is 0 Å². The van der Waals surface area contributed by atoms with Crippen LogP contribution in [0.4, 0.5) is 0 Å². The normalized spacial score (nSPS) is 17.0. The van der Waals surface area contributed by atoms with Gasteiger partial charge in [0.2, 0.25) is 0 Å². The molecule has 0 aliphatic rings. The lowest BCUT2D eigenvalue weighted by molar-refractivity contribution is -0.0890. The molecule has 0 heterocycles. The second kappa shape index (κ2) is 7.44. The van der Waals surface area contributed by atoms with E-state index < -0.39 is 12.3 Å². The fraction of sp³-hybridized carbons (Fsp3) is 0.500. The number of hydrogen-bond acceptors (Lipinski definition) is 4. The predicted molar refractivity (Wildman–Crippen MR) is 58.1 cm³/mol. The molecule has 3 N–H and O–H groups in total. The van der Waals surface area contributed by atoms with E-state index in [2.05, 4.69) is 11.7 Å². The Kier molecular flexibility index (Phi) is 6.92.